The zero-order chi connectivity index (χ0) is 14.9. The van der Waals surface area contributed by atoms with Crippen molar-refractivity contribution in [1.29, 1.82) is 0 Å². The summed E-state index contributed by atoms with van der Waals surface area (Å²) < 4.78 is 5.55. The summed E-state index contributed by atoms with van der Waals surface area (Å²) in [6.45, 7) is 4.06. The Bertz CT molecular complexity index is 636. The number of nitrogens with zero attached hydrogens (tertiary/aromatic N) is 2. The molecule has 1 atom stereocenters. The molecule has 3 rings (SSSR count). The van der Waals surface area contributed by atoms with Crippen molar-refractivity contribution >= 4 is 23.2 Å². The van der Waals surface area contributed by atoms with Crippen LogP contribution in [-0.2, 0) is 5.41 Å². The van der Waals surface area contributed by atoms with Crippen LogP contribution in [0.15, 0.2) is 22.7 Å². The lowest BCUT2D eigenvalue weighted by molar-refractivity contribution is 0.277. The molecule has 1 aliphatic rings. The van der Waals surface area contributed by atoms with E-state index >= 15 is 0 Å². The normalized spacial score (nSPS) is 21.9. The second kappa shape index (κ2) is 5.95. The molecule has 1 saturated heterocycles. The summed E-state index contributed by atoms with van der Waals surface area (Å²) in [6.07, 6.45) is 3.17. The summed E-state index contributed by atoms with van der Waals surface area (Å²) >= 11 is 12.0. The number of aromatic nitrogens is 2. The van der Waals surface area contributed by atoms with Gasteiger partial charge in [-0.1, -0.05) is 41.7 Å². The summed E-state index contributed by atoms with van der Waals surface area (Å²) in [7, 11) is 0. The van der Waals surface area contributed by atoms with E-state index in [2.05, 4.69) is 22.4 Å². The fraction of sp³-hybridized carbons (Fsp3) is 0.467. The first-order valence-electron chi connectivity index (χ1n) is 7.15. The Morgan fingerprint density at radius 1 is 1.33 bits per heavy atom. The lowest BCUT2D eigenvalue weighted by Crippen LogP contribution is -2.29. The molecule has 0 aliphatic carbocycles. The maximum Gasteiger partial charge on any atom is 0.234 e. The molecular formula is C15H17Cl2N3O. The van der Waals surface area contributed by atoms with Crippen LogP contribution in [0, 0.1) is 0 Å². The number of hydrogen-bond donors (Lipinski definition) is 1. The fourth-order valence-corrected chi connectivity index (χ4v) is 3.21. The molecule has 4 nitrogen and oxygen atoms in total. The number of benzene rings is 1. The van der Waals surface area contributed by atoms with Crippen LogP contribution in [0.2, 0.25) is 10.0 Å². The average molecular weight is 326 g/mol. The second-order valence-corrected chi connectivity index (χ2v) is 6.32. The number of rotatable bonds is 4. The van der Waals surface area contributed by atoms with Gasteiger partial charge in [0.2, 0.25) is 11.7 Å². The molecule has 0 saturated carbocycles. The van der Waals surface area contributed by atoms with Crippen LogP contribution in [0.5, 0.6) is 0 Å². The van der Waals surface area contributed by atoms with Crippen molar-refractivity contribution < 1.29 is 4.52 Å². The van der Waals surface area contributed by atoms with E-state index in [0.717, 1.165) is 43.8 Å². The Morgan fingerprint density at radius 3 is 2.86 bits per heavy atom. The van der Waals surface area contributed by atoms with Crippen LogP contribution in [-0.4, -0.2) is 23.2 Å². The molecule has 2 aromatic rings. The smallest absolute Gasteiger partial charge is 0.234 e. The Labute approximate surface area is 133 Å². The van der Waals surface area contributed by atoms with Crippen molar-refractivity contribution in [2.24, 2.45) is 0 Å². The SMILES string of the molecule is CCCC1(c2nc(-c3ccc(Cl)c(Cl)c3)no2)CCNC1. The Kier molecular flexibility index (Phi) is 4.20. The Morgan fingerprint density at radius 2 is 2.19 bits per heavy atom. The van der Waals surface area contributed by atoms with Crippen molar-refractivity contribution in [3.8, 4) is 11.4 Å². The summed E-state index contributed by atoms with van der Waals surface area (Å²) in [5.74, 6) is 1.28. The molecule has 0 amide bonds. The third kappa shape index (κ3) is 2.80. The van der Waals surface area contributed by atoms with Crippen LogP contribution in [0.4, 0.5) is 0 Å². The van der Waals surface area contributed by atoms with E-state index in [9.17, 15) is 0 Å². The van der Waals surface area contributed by atoms with Gasteiger partial charge in [0.1, 0.15) is 0 Å². The zero-order valence-electron chi connectivity index (χ0n) is 11.8. The Hall–Kier alpha value is -1.10. The zero-order valence-corrected chi connectivity index (χ0v) is 13.3. The van der Waals surface area contributed by atoms with Gasteiger partial charge in [-0.2, -0.15) is 4.98 Å². The van der Waals surface area contributed by atoms with Gasteiger partial charge in [0, 0.05) is 12.1 Å². The maximum atomic E-state index is 6.05. The van der Waals surface area contributed by atoms with E-state index in [-0.39, 0.29) is 5.41 Å². The highest BCUT2D eigenvalue weighted by Gasteiger charge is 2.40. The van der Waals surface area contributed by atoms with Crippen molar-refractivity contribution in [1.82, 2.24) is 15.5 Å². The van der Waals surface area contributed by atoms with E-state index in [4.69, 9.17) is 27.7 Å². The molecule has 6 heteroatoms. The molecule has 0 spiro atoms. The van der Waals surface area contributed by atoms with Gasteiger partial charge in [-0.15, -0.1) is 0 Å². The second-order valence-electron chi connectivity index (χ2n) is 5.51. The topological polar surface area (TPSA) is 51.0 Å². The van der Waals surface area contributed by atoms with Crippen LogP contribution in [0.25, 0.3) is 11.4 Å². The maximum absolute atomic E-state index is 6.05. The van der Waals surface area contributed by atoms with Gasteiger partial charge in [-0.05, 0) is 37.6 Å². The fourth-order valence-electron chi connectivity index (χ4n) is 2.92. The van der Waals surface area contributed by atoms with Gasteiger partial charge >= 0.3 is 0 Å². The van der Waals surface area contributed by atoms with Crippen LogP contribution < -0.4 is 5.32 Å². The molecular weight excluding hydrogens is 309 g/mol. The molecule has 1 unspecified atom stereocenters. The van der Waals surface area contributed by atoms with E-state index in [1.54, 1.807) is 12.1 Å². The quantitative estimate of drug-likeness (QED) is 0.920. The van der Waals surface area contributed by atoms with E-state index in [0.29, 0.717) is 15.9 Å². The minimum absolute atomic E-state index is 0.0315. The van der Waals surface area contributed by atoms with Crippen molar-refractivity contribution in [3.63, 3.8) is 0 Å². The molecule has 21 heavy (non-hydrogen) atoms. The van der Waals surface area contributed by atoms with E-state index in [1.807, 2.05) is 6.07 Å². The van der Waals surface area contributed by atoms with Gasteiger partial charge in [-0.25, -0.2) is 0 Å². The van der Waals surface area contributed by atoms with Gasteiger partial charge in [0.05, 0.1) is 15.5 Å². The first-order valence-corrected chi connectivity index (χ1v) is 7.90. The summed E-state index contributed by atoms with van der Waals surface area (Å²) in [5, 5.41) is 8.52. The van der Waals surface area contributed by atoms with Gasteiger partial charge in [0.25, 0.3) is 0 Å². The number of halogens is 2. The van der Waals surface area contributed by atoms with Crippen LogP contribution in [0.3, 0.4) is 0 Å². The first-order chi connectivity index (χ1) is 10.1. The molecule has 1 aromatic carbocycles. The molecule has 1 aromatic heterocycles. The summed E-state index contributed by atoms with van der Waals surface area (Å²) in [4.78, 5) is 4.60. The predicted octanol–water partition coefficient (Wildman–Crippen LogP) is 4.07. The molecule has 0 radical (unpaired) electrons. The average Bonchev–Trinajstić information content (AvgIpc) is 3.12. The van der Waals surface area contributed by atoms with Gasteiger partial charge < -0.3 is 9.84 Å². The van der Waals surface area contributed by atoms with Crippen molar-refractivity contribution in [2.45, 2.75) is 31.6 Å². The van der Waals surface area contributed by atoms with Crippen LogP contribution in [0.1, 0.15) is 32.1 Å². The van der Waals surface area contributed by atoms with E-state index < -0.39 is 0 Å². The number of nitrogens with one attached hydrogen (secondary N) is 1. The van der Waals surface area contributed by atoms with Gasteiger partial charge in [0.15, 0.2) is 0 Å². The largest absolute Gasteiger partial charge is 0.338 e. The summed E-state index contributed by atoms with van der Waals surface area (Å²) in [6, 6.07) is 5.36. The molecule has 1 aliphatic heterocycles. The highest BCUT2D eigenvalue weighted by molar-refractivity contribution is 6.42. The standard InChI is InChI=1S/C15H17Cl2N3O/c1-2-5-15(6-7-18-9-15)14-19-13(20-21-14)10-3-4-11(16)12(17)8-10/h3-4,8,18H,2,5-7,9H2,1H3. The highest BCUT2D eigenvalue weighted by atomic mass is 35.5. The minimum Gasteiger partial charge on any atom is -0.338 e. The third-order valence-corrected chi connectivity index (χ3v) is 4.77. The number of hydrogen-bond acceptors (Lipinski definition) is 4. The first kappa shape index (κ1) is 14.8. The molecule has 0 bridgehead atoms. The minimum atomic E-state index is -0.0315. The summed E-state index contributed by atoms with van der Waals surface area (Å²) in [5.41, 5.74) is 0.785. The third-order valence-electron chi connectivity index (χ3n) is 4.03. The molecule has 112 valence electrons. The van der Waals surface area contributed by atoms with Gasteiger partial charge in [-0.3, -0.25) is 0 Å². The molecule has 2 heterocycles. The predicted molar refractivity (Wildman–Crippen MR) is 83.8 cm³/mol. The highest BCUT2D eigenvalue weighted by Crippen LogP contribution is 2.35. The molecule has 1 fully saturated rings. The lowest BCUT2D eigenvalue weighted by atomic mass is 9.82. The van der Waals surface area contributed by atoms with E-state index in [1.165, 1.54) is 0 Å². The molecule has 1 N–H and O–H groups in total. The van der Waals surface area contributed by atoms with Crippen molar-refractivity contribution in [3.05, 3.63) is 34.1 Å². The van der Waals surface area contributed by atoms with Crippen molar-refractivity contribution in [2.75, 3.05) is 13.1 Å². The monoisotopic (exact) mass is 325 g/mol. The lowest BCUT2D eigenvalue weighted by Gasteiger charge is -2.22. The van der Waals surface area contributed by atoms with Crippen LogP contribution >= 0.6 is 23.2 Å². The Balaban J connectivity index is 1.93.